The molecular formula is C25H22BrNO4. The number of hydrogen-bond donors (Lipinski definition) is 2. The van der Waals surface area contributed by atoms with Gasteiger partial charge in [0.25, 0.3) is 0 Å². The van der Waals surface area contributed by atoms with Gasteiger partial charge in [0.1, 0.15) is 18.5 Å². The van der Waals surface area contributed by atoms with Crippen LogP contribution in [-0.2, 0) is 15.9 Å². The third-order valence-electron chi connectivity index (χ3n) is 6.05. The average Bonchev–Trinajstić information content (AvgIpc) is 3.12. The number of nitrogens with one attached hydrogen (secondary N) is 1. The number of hydrogen-bond acceptors (Lipinski definition) is 4. The highest BCUT2D eigenvalue weighted by atomic mass is 79.9. The number of carbonyl (C=O) groups excluding carboxylic acids is 1. The van der Waals surface area contributed by atoms with Crippen LogP contribution in [0.2, 0.25) is 0 Å². The van der Waals surface area contributed by atoms with Crippen LogP contribution in [-0.4, -0.2) is 31.0 Å². The maximum Gasteiger partial charge on any atom is 0.407 e. The molecule has 1 heterocycles. The molecule has 1 aliphatic heterocycles. The minimum Gasteiger partial charge on any atom is -0.508 e. The summed E-state index contributed by atoms with van der Waals surface area (Å²) in [5, 5.41) is 13.1. The van der Waals surface area contributed by atoms with E-state index in [0.717, 1.165) is 15.6 Å². The van der Waals surface area contributed by atoms with Gasteiger partial charge in [-0.25, -0.2) is 4.79 Å². The molecule has 1 aliphatic carbocycles. The lowest BCUT2D eigenvalue weighted by atomic mass is 9.96. The van der Waals surface area contributed by atoms with Crippen LogP contribution in [0.1, 0.15) is 34.3 Å². The largest absolute Gasteiger partial charge is 0.508 e. The summed E-state index contributed by atoms with van der Waals surface area (Å²) >= 11 is 3.53. The Balaban J connectivity index is 1.25. The van der Waals surface area contributed by atoms with Crippen LogP contribution < -0.4 is 5.32 Å². The SMILES string of the molecule is O=C(NCC1OCCc2c(Br)ccc(O)c21)OCC1c2ccccc2-c2ccccc21. The molecule has 0 spiro atoms. The van der Waals surface area contributed by atoms with E-state index in [2.05, 4.69) is 45.5 Å². The fourth-order valence-corrected chi connectivity index (χ4v) is 5.16. The molecule has 0 saturated heterocycles. The number of phenolic OH excluding ortho intramolecular Hbond substituents is 1. The third-order valence-corrected chi connectivity index (χ3v) is 6.79. The lowest BCUT2D eigenvalue weighted by molar-refractivity contribution is 0.0390. The fourth-order valence-electron chi connectivity index (χ4n) is 4.61. The van der Waals surface area contributed by atoms with Gasteiger partial charge in [0, 0.05) is 16.0 Å². The molecule has 1 unspecified atom stereocenters. The highest BCUT2D eigenvalue weighted by molar-refractivity contribution is 9.10. The van der Waals surface area contributed by atoms with E-state index in [1.165, 1.54) is 22.3 Å². The zero-order chi connectivity index (χ0) is 21.4. The number of ether oxygens (including phenoxy) is 2. The number of amides is 1. The summed E-state index contributed by atoms with van der Waals surface area (Å²) in [5.41, 5.74) is 6.48. The van der Waals surface area contributed by atoms with Crippen molar-refractivity contribution in [1.82, 2.24) is 5.32 Å². The van der Waals surface area contributed by atoms with Crippen molar-refractivity contribution in [3.63, 3.8) is 0 Å². The van der Waals surface area contributed by atoms with Crippen molar-refractivity contribution >= 4 is 22.0 Å². The molecule has 1 atom stereocenters. The van der Waals surface area contributed by atoms with Gasteiger partial charge in [0.2, 0.25) is 0 Å². The molecule has 31 heavy (non-hydrogen) atoms. The number of rotatable bonds is 4. The van der Waals surface area contributed by atoms with Crippen molar-refractivity contribution in [2.75, 3.05) is 19.8 Å². The first-order valence-corrected chi connectivity index (χ1v) is 11.1. The summed E-state index contributed by atoms with van der Waals surface area (Å²) in [5.74, 6) is 0.196. The summed E-state index contributed by atoms with van der Waals surface area (Å²) in [7, 11) is 0. The molecule has 6 heteroatoms. The van der Waals surface area contributed by atoms with Crippen molar-refractivity contribution in [1.29, 1.82) is 0 Å². The molecule has 3 aromatic rings. The number of halogens is 1. The number of aromatic hydroxyl groups is 1. The molecule has 5 rings (SSSR count). The van der Waals surface area contributed by atoms with Crippen molar-refractivity contribution < 1.29 is 19.4 Å². The number of alkyl carbamates (subject to hydrolysis) is 1. The highest BCUT2D eigenvalue weighted by Gasteiger charge is 2.30. The molecular weight excluding hydrogens is 458 g/mol. The first-order valence-electron chi connectivity index (χ1n) is 10.3. The zero-order valence-corrected chi connectivity index (χ0v) is 18.4. The van der Waals surface area contributed by atoms with Crippen LogP contribution in [0, 0.1) is 0 Å². The fraction of sp³-hybridized carbons (Fsp3) is 0.240. The number of phenols is 1. The predicted molar refractivity (Wildman–Crippen MR) is 121 cm³/mol. The number of carbonyl (C=O) groups is 1. The summed E-state index contributed by atoms with van der Waals surface area (Å²) in [6.45, 7) is 1.03. The molecule has 0 radical (unpaired) electrons. The number of benzene rings is 3. The Kier molecular flexibility index (Phi) is 5.42. The smallest absolute Gasteiger partial charge is 0.407 e. The Hall–Kier alpha value is -2.83. The lowest BCUT2D eigenvalue weighted by Crippen LogP contribution is -2.33. The topological polar surface area (TPSA) is 67.8 Å². The van der Waals surface area contributed by atoms with E-state index < -0.39 is 12.2 Å². The zero-order valence-electron chi connectivity index (χ0n) is 16.8. The van der Waals surface area contributed by atoms with Crippen molar-refractivity contribution in [2.45, 2.75) is 18.4 Å². The minimum absolute atomic E-state index is 0.0183. The lowest BCUT2D eigenvalue weighted by Gasteiger charge is -2.27. The molecule has 158 valence electrons. The van der Waals surface area contributed by atoms with Crippen LogP contribution in [0.25, 0.3) is 11.1 Å². The van der Waals surface area contributed by atoms with Crippen molar-refractivity contribution in [3.8, 4) is 16.9 Å². The van der Waals surface area contributed by atoms with E-state index in [0.29, 0.717) is 13.0 Å². The minimum atomic E-state index is -0.493. The van der Waals surface area contributed by atoms with Gasteiger partial charge in [-0.1, -0.05) is 64.5 Å². The van der Waals surface area contributed by atoms with Crippen LogP contribution in [0.5, 0.6) is 5.75 Å². The van der Waals surface area contributed by atoms with Gasteiger partial charge in [0.05, 0.1) is 13.2 Å². The monoisotopic (exact) mass is 479 g/mol. The summed E-state index contributed by atoms with van der Waals surface area (Å²) < 4.78 is 12.3. The standard InChI is InChI=1S/C25H22BrNO4/c26-21-9-10-22(28)24-19(21)11-12-30-23(24)13-27-25(29)31-14-20-17-7-3-1-5-15(17)16-6-2-4-8-18(16)20/h1-10,20,23,28H,11-14H2,(H,27,29). The second kappa shape index (κ2) is 8.36. The first kappa shape index (κ1) is 20.1. The van der Waals surface area contributed by atoms with Crippen LogP contribution in [0.3, 0.4) is 0 Å². The van der Waals surface area contributed by atoms with Gasteiger partial charge in [-0.2, -0.15) is 0 Å². The normalized spacial score (nSPS) is 16.9. The van der Waals surface area contributed by atoms with Gasteiger partial charge in [-0.3, -0.25) is 0 Å². The molecule has 1 amide bonds. The molecule has 0 fully saturated rings. The summed E-state index contributed by atoms with van der Waals surface area (Å²) in [4.78, 5) is 12.5. The van der Waals surface area contributed by atoms with E-state index in [1.807, 2.05) is 30.3 Å². The summed E-state index contributed by atoms with van der Waals surface area (Å²) in [6.07, 6.45) is -0.194. The predicted octanol–water partition coefficient (Wildman–Crippen LogP) is 5.31. The first-order chi connectivity index (χ1) is 15.1. The van der Waals surface area contributed by atoms with Crippen LogP contribution in [0.15, 0.2) is 65.1 Å². The average molecular weight is 480 g/mol. The molecule has 0 bridgehead atoms. The van der Waals surface area contributed by atoms with E-state index in [9.17, 15) is 9.90 Å². The van der Waals surface area contributed by atoms with E-state index in [-0.39, 0.29) is 24.8 Å². The molecule has 0 saturated carbocycles. The molecule has 2 aliphatic rings. The molecule has 3 aromatic carbocycles. The van der Waals surface area contributed by atoms with E-state index >= 15 is 0 Å². The second-order valence-corrected chi connectivity index (χ2v) is 8.63. The highest BCUT2D eigenvalue weighted by Crippen LogP contribution is 2.44. The van der Waals surface area contributed by atoms with Crippen molar-refractivity contribution in [3.05, 3.63) is 87.4 Å². The van der Waals surface area contributed by atoms with Gasteiger partial charge >= 0.3 is 6.09 Å². The maximum atomic E-state index is 12.5. The van der Waals surface area contributed by atoms with Gasteiger partial charge in [-0.05, 0) is 46.4 Å². The van der Waals surface area contributed by atoms with Gasteiger partial charge < -0.3 is 19.9 Å². The molecule has 2 N–H and O–H groups in total. The second-order valence-electron chi connectivity index (χ2n) is 7.77. The van der Waals surface area contributed by atoms with E-state index in [1.54, 1.807) is 6.07 Å². The van der Waals surface area contributed by atoms with Crippen LogP contribution >= 0.6 is 15.9 Å². The Bertz CT molecular complexity index is 1100. The maximum absolute atomic E-state index is 12.5. The summed E-state index contributed by atoms with van der Waals surface area (Å²) in [6, 6.07) is 20.0. The van der Waals surface area contributed by atoms with Crippen molar-refractivity contribution in [2.24, 2.45) is 0 Å². The quantitative estimate of drug-likeness (QED) is 0.532. The Labute approximate surface area is 189 Å². The Morgan fingerprint density at radius 1 is 1.06 bits per heavy atom. The number of fused-ring (bicyclic) bond motifs is 4. The van der Waals surface area contributed by atoms with Gasteiger partial charge in [-0.15, -0.1) is 0 Å². The van der Waals surface area contributed by atoms with E-state index in [4.69, 9.17) is 9.47 Å². The third kappa shape index (κ3) is 3.70. The molecule has 0 aromatic heterocycles. The van der Waals surface area contributed by atoms with Crippen LogP contribution in [0.4, 0.5) is 4.79 Å². The Morgan fingerprint density at radius 3 is 2.45 bits per heavy atom. The van der Waals surface area contributed by atoms with Gasteiger partial charge in [0.15, 0.2) is 0 Å². The molecule has 5 nitrogen and oxygen atoms in total. The Morgan fingerprint density at radius 2 is 1.74 bits per heavy atom.